The second kappa shape index (κ2) is 4.76. The fraction of sp³-hybridized carbons (Fsp3) is 0. The van der Waals surface area contributed by atoms with Crippen molar-refractivity contribution in [2.24, 2.45) is 0 Å². The lowest BCUT2D eigenvalue weighted by atomic mass is 10.2. The van der Waals surface area contributed by atoms with E-state index in [9.17, 15) is 9.18 Å². The van der Waals surface area contributed by atoms with E-state index < -0.39 is 0 Å². The Labute approximate surface area is 104 Å². The van der Waals surface area contributed by atoms with Crippen LogP contribution in [0, 0.1) is 5.82 Å². The standard InChI is InChI=1S/C11H7BrFNOS/c12-9-5-7(1-2-10(9)13)11(15)14-8-3-4-16-6-8/h1-6H,(H,14,15). The Morgan fingerprint density at radius 3 is 2.81 bits per heavy atom. The predicted octanol–water partition coefficient (Wildman–Crippen LogP) is 3.90. The molecule has 1 amide bonds. The molecule has 0 aliphatic rings. The summed E-state index contributed by atoms with van der Waals surface area (Å²) in [6, 6.07) is 5.96. The van der Waals surface area contributed by atoms with E-state index in [1.165, 1.54) is 29.5 Å². The number of hydrogen-bond donors (Lipinski definition) is 1. The molecule has 2 rings (SSSR count). The lowest BCUT2D eigenvalue weighted by Gasteiger charge is -2.03. The van der Waals surface area contributed by atoms with Crippen molar-refractivity contribution < 1.29 is 9.18 Å². The van der Waals surface area contributed by atoms with Crippen LogP contribution >= 0.6 is 27.3 Å². The predicted molar refractivity (Wildman–Crippen MR) is 66.4 cm³/mol. The Kier molecular flexibility index (Phi) is 3.36. The number of benzene rings is 1. The van der Waals surface area contributed by atoms with E-state index in [0.29, 0.717) is 5.56 Å². The first-order valence-electron chi connectivity index (χ1n) is 4.45. The summed E-state index contributed by atoms with van der Waals surface area (Å²) in [5.41, 5.74) is 1.16. The Hall–Kier alpha value is -1.20. The summed E-state index contributed by atoms with van der Waals surface area (Å²) in [5, 5.41) is 6.41. The highest BCUT2D eigenvalue weighted by Crippen LogP contribution is 2.18. The quantitative estimate of drug-likeness (QED) is 0.895. The van der Waals surface area contributed by atoms with Gasteiger partial charge >= 0.3 is 0 Å². The summed E-state index contributed by atoms with van der Waals surface area (Å²) < 4.78 is 13.2. The third-order valence-corrected chi connectivity index (χ3v) is 3.25. The van der Waals surface area contributed by atoms with Crippen LogP contribution in [0.15, 0.2) is 39.5 Å². The summed E-state index contributed by atoms with van der Waals surface area (Å²) in [5.74, 6) is -0.633. The molecule has 0 saturated carbocycles. The highest BCUT2D eigenvalue weighted by atomic mass is 79.9. The number of hydrogen-bond acceptors (Lipinski definition) is 2. The molecule has 82 valence electrons. The second-order valence-electron chi connectivity index (χ2n) is 3.10. The Morgan fingerprint density at radius 1 is 1.38 bits per heavy atom. The molecule has 0 radical (unpaired) electrons. The van der Waals surface area contributed by atoms with Gasteiger partial charge in [-0.25, -0.2) is 4.39 Å². The molecule has 1 heterocycles. The summed E-state index contributed by atoms with van der Waals surface area (Å²) in [6.45, 7) is 0. The number of halogens is 2. The molecule has 0 fully saturated rings. The zero-order valence-corrected chi connectivity index (χ0v) is 10.4. The van der Waals surface area contributed by atoms with Gasteiger partial charge in [0.05, 0.1) is 10.2 Å². The highest BCUT2D eigenvalue weighted by Gasteiger charge is 2.08. The van der Waals surface area contributed by atoms with Gasteiger partial charge in [-0.1, -0.05) is 0 Å². The van der Waals surface area contributed by atoms with Crippen LogP contribution in [0.2, 0.25) is 0 Å². The van der Waals surface area contributed by atoms with Crippen LogP contribution in [0.25, 0.3) is 0 Å². The maximum Gasteiger partial charge on any atom is 0.255 e. The first-order valence-corrected chi connectivity index (χ1v) is 6.19. The number of amides is 1. The van der Waals surface area contributed by atoms with E-state index in [1.807, 2.05) is 10.8 Å². The van der Waals surface area contributed by atoms with E-state index in [2.05, 4.69) is 21.2 Å². The van der Waals surface area contributed by atoms with E-state index in [1.54, 1.807) is 6.07 Å². The number of thiophene rings is 1. The molecule has 2 nitrogen and oxygen atoms in total. The molecular weight excluding hydrogens is 293 g/mol. The maximum absolute atomic E-state index is 13.0. The van der Waals surface area contributed by atoms with Crippen molar-refractivity contribution in [3.05, 3.63) is 50.9 Å². The molecule has 0 atom stereocenters. The zero-order valence-electron chi connectivity index (χ0n) is 8.04. The van der Waals surface area contributed by atoms with Gasteiger partial charge in [0.2, 0.25) is 0 Å². The Morgan fingerprint density at radius 2 is 2.19 bits per heavy atom. The molecular formula is C11H7BrFNOS. The van der Waals surface area contributed by atoms with Gasteiger partial charge in [-0.2, -0.15) is 11.3 Å². The van der Waals surface area contributed by atoms with Gasteiger partial charge in [0.25, 0.3) is 5.91 Å². The highest BCUT2D eigenvalue weighted by molar-refractivity contribution is 9.10. The molecule has 0 bridgehead atoms. The van der Waals surface area contributed by atoms with Crippen LogP contribution in [0.5, 0.6) is 0 Å². The normalized spacial score (nSPS) is 10.1. The topological polar surface area (TPSA) is 29.1 Å². The van der Waals surface area contributed by atoms with E-state index >= 15 is 0 Å². The summed E-state index contributed by atoms with van der Waals surface area (Å²) >= 11 is 4.54. The first-order chi connectivity index (χ1) is 7.66. The molecule has 0 spiro atoms. The fourth-order valence-electron chi connectivity index (χ4n) is 1.18. The Bertz CT molecular complexity index is 513. The molecule has 5 heteroatoms. The average Bonchev–Trinajstić information content (AvgIpc) is 2.74. The van der Waals surface area contributed by atoms with E-state index in [0.717, 1.165) is 5.69 Å². The first kappa shape index (κ1) is 11.3. The third-order valence-electron chi connectivity index (χ3n) is 1.96. The maximum atomic E-state index is 13.0. The summed E-state index contributed by atoms with van der Waals surface area (Å²) in [6.07, 6.45) is 0. The van der Waals surface area contributed by atoms with Gasteiger partial charge in [-0.3, -0.25) is 4.79 Å². The fourth-order valence-corrected chi connectivity index (χ4v) is 2.14. The number of nitrogens with one attached hydrogen (secondary N) is 1. The van der Waals surface area contributed by atoms with E-state index in [-0.39, 0.29) is 16.2 Å². The van der Waals surface area contributed by atoms with Crippen LogP contribution in [0.1, 0.15) is 10.4 Å². The summed E-state index contributed by atoms with van der Waals surface area (Å²) in [4.78, 5) is 11.7. The van der Waals surface area contributed by atoms with Crippen LogP contribution in [0.4, 0.5) is 10.1 Å². The average molecular weight is 300 g/mol. The van der Waals surface area contributed by atoms with Crippen molar-refractivity contribution in [3.63, 3.8) is 0 Å². The lowest BCUT2D eigenvalue weighted by Crippen LogP contribution is -2.11. The molecule has 0 aliphatic heterocycles. The van der Waals surface area contributed by atoms with Crippen molar-refractivity contribution >= 4 is 38.9 Å². The lowest BCUT2D eigenvalue weighted by molar-refractivity contribution is 0.102. The van der Waals surface area contributed by atoms with Crippen molar-refractivity contribution in [2.75, 3.05) is 5.32 Å². The van der Waals surface area contributed by atoms with Crippen molar-refractivity contribution in [1.82, 2.24) is 0 Å². The van der Waals surface area contributed by atoms with E-state index in [4.69, 9.17) is 0 Å². The van der Waals surface area contributed by atoms with Gasteiger partial charge in [-0.15, -0.1) is 0 Å². The van der Waals surface area contributed by atoms with Gasteiger partial charge in [0.15, 0.2) is 0 Å². The zero-order chi connectivity index (χ0) is 11.5. The van der Waals surface area contributed by atoms with Crippen LogP contribution in [0.3, 0.4) is 0 Å². The minimum Gasteiger partial charge on any atom is -0.321 e. The van der Waals surface area contributed by atoms with Gasteiger partial charge in [-0.05, 0) is 45.6 Å². The SMILES string of the molecule is O=C(Nc1ccsc1)c1ccc(F)c(Br)c1. The smallest absolute Gasteiger partial charge is 0.255 e. The molecule has 0 saturated heterocycles. The van der Waals surface area contributed by atoms with Crippen LogP contribution < -0.4 is 5.32 Å². The molecule has 0 unspecified atom stereocenters. The van der Waals surface area contributed by atoms with Gasteiger partial charge < -0.3 is 5.32 Å². The van der Waals surface area contributed by atoms with Crippen LogP contribution in [-0.4, -0.2) is 5.91 Å². The number of carbonyl (C=O) groups is 1. The van der Waals surface area contributed by atoms with Crippen molar-refractivity contribution in [1.29, 1.82) is 0 Å². The van der Waals surface area contributed by atoms with Gasteiger partial charge in [0.1, 0.15) is 5.82 Å². The molecule has 1 aromatic heterocycles. The van der Waals surface area contributed by atoms with Crippen molar-refractivity contribution in [3.8, 4) is 0 Å². The molecule has 0 aliphatic carbocycles. The number of anilines is 1. The monoisotopic (exact) mass is 299 g/mol. The van der Waals surface area contributed by atoms with Crippen molar-refractivity contribution in [2.45, 2.75) is 0 Å². The molecule has 2 aromatic rings. The van der Waals surface area contributed by atoms with Crippen LogP contribution in [-0.2, 0) is 0 Å². The molecule has 16 heavy (non-hydrogen) atoms. The molecule has 1 N–H and O–H groups in total. The second-order valence-corrected chi connectivity index (χ2v) is 4.73. The largest absolute Gasteiger partial charge is 0.321 e. The minimum atomic E-state index is -0.382. The number of rotatable bonds is 2. The minimum absolute atomic E-state index is 0.251. The third kappa shape index (κ3) is 2.48. The Balaban J connectivity index is 2.18. The summed E-state index contributed by atoms with van der Waals surface area (Å²) in [7, 11) is 0. The van der Waals surface area contributed by atoms with Gasteiger partial charge in [0, 0.05) is 10.9 Å². The molecule has 1 aromatic carbocycles. The number of carbonyl (C=O) groups excluding carboxylic acids is 1.